The third-order valence-electron chi connectivity index (χ3n) is 3.54. The quantitative estimate of drug-likeness (QED) is 0.196. The van der Waals surface area contributed by atoms with Gasteiger partial charge in [-0.25, -0.2) is 4.99 Å². The first-order chi connectivity index (χ1) is 11.6. The molecule has 6 heteroatoms. The second kappa shape index (κ2) is 13.7. The van der Waals surface area contributed by atoms with Crippen molar-refractivity contribution >= 4 is 35.8 Å². The molecule has 1 aromatic rings. The van der Waals surface area contributed by atoms with Crippen molar-refractivity contribution in [1.29, 1.82) is 0 Å². The van der Waals surface area contributed by atoms with E-state index < -0.39 is 0 Å². The molecule has 0 aliphatic rings. The maximum atomic E-state index is 11.9. The Labute approximate surface area is 169 Å². The van der Waals surface area contributed by atoms with E-state index in [1.54, 1.807) is 0 Å². The van der Waals surface area contributed by atoms with Gasteiger partial charge in [0.05, 0.1) is 6.54 Å². The van der Waals surface area contributed by atoms with Crippen LogP contribution >= 0.6 is 24.0 Å². The fourth-order valence-corrected chi connectivity index (χ4v) is 2.29. The van der Waals surface area contributed by atoms with Crippen molar-refractivity contribution in [2.75, 3.05) is 26.7 Å². The van der Waals surface area contributed by atoms with E-state index in [0.29, 0.717) is 18.7 Å². The molecule has 1 amide bonds. The van der Waals surface area contributed by atoms with E-state index in [1.807, 2.05) is 44.3 Å². The zero-order valence-corrected chi connectivity index (χ0v) is 17.9. The Morgan fingerprint density at radius 3 is 2.64 bits per heavy atom. The maximum absolute atomic E-state index is 11.9. The highest BCUT2D eigenvalue weighted by Crippen LogP contribution is 2.07. The number of nitrogens with zero attached hydrogens (tertiary/aromatic N) is 2. The highest BCUT2D eigenvalue weighted by Gasteiger charge is 2.07. The van der Waals surface area contributed by atoms with Crippen LogP contribution in [0.25, 0.3) is 0 Å². The number of unbranched alkanes of at least 4 members (excludes halogenated alkanes) is 1. The average molecular weight is 458 g/mol. The fourth-order valence-electron chi connectivity index (χ4n) is 2.29. The predicted octanol–water partition coefficient (Wildman–Crippen LogP) is 3.42. The lowest BCUT2D eigenvalue weighted by Gasteiger charge is -2.21. The van der Waals surface area contributed by atoms with E-state index in [2.05, 4.69) is 34.0 Å². The summed E-state index contributed by atoms with van der Waals surface area (Å²) in [6, 6.07) is 7.62. The molecule has 0 unspecified atom stereocenters. The van der Waals surface area contributed by atoms with Crippen molar-refractivity contribution in [1.82, 2.24) is 15.5 Å². The molecule has 0 saturated heterocycles. The number of hydrogen-bond acceptors (Lipinski definition) is 2. The van der Waals surface area contributed by atoms with Gasteiger partial charge in [0.25, 0.3) is 5.91 Å². The first kappa shape index (κ1) is 23.4. The van der Waals surface area contributed by atoms with Gasteiger partial charge in [-0.05, 0) is 44.4 Å². The summed E-state index contributed by atoms with van der Waals surface area (Å²) in [5.74, 6) is 0.835. The number of halogens is 1. The zero-order chi connectivity index (χ0) is 17.8. The minimum absolute atomic E-state index is 0. The van der Waals surface area contributed by atoms with Crippen LogP contribution in [-0.4, -0.2) is 43.4 Å². The standard InChI is InChI=1S/C19H30N4O.HI/c1-5-8-9-13-23(4)19(21-7-3)22-15-16-11-10-12-17(14-16)18(24)20-6-2;/h5,10-12,14H,1,6-9,13,15H2,2-4H3,(H,20,24)(H,21,22);1H. The Bertz CT molecular complexity index is 560. The van der Waals surface area contributed by atoms with Crippen molar-refractivity contribution < 1.29 is 4.79 Å². The highest BCUT2D eigenvalue weighted by atomic mass is 127. The summed E-state index contributed by atoms with van der Waals surface area (Å²) in [7, 11) is 2.04. The molecule has 0 fully saturated rings. The molecule has 2 N–H and O–H groups in total. The summed E-state index contributed by atoms with van der Waals surface area (Å²) >= 11 is 0. The number of aliphatic imine (C=N–C) groups is 1. The van der Waals surface area contributed by atoms with Crippen LogP contribution < -0.4 is 10.6 Å². The molecule has 0 atom stereocenters. The highest BCUT2D eigenvalue weighted by molar-refractivity contribution is 14.0. The Hall–Kier alpha value is -1.57. The summed E-state index contributed by atoms with van der Waals surface area (Å²) in [5, 5.41) is 6.13. The van der Waals surface area contributed by atoms with Crippen LogP contribution in [0.2, 0.25) is 0 Å². The van der Waals surface area contributed by atoms with Crippen LogP contribution in [0.15, 0.2) is 41.9 Å². The van der Waals surface area contributed by atoms with E-state index in [4.69, 9.17) is 0 Å². The fraction of sp³-hybridized carbons (Fsp3) is 0.474. The number of carbonyl (C=O) groups excluding carboxylic acids is 1. The number of rotatable bonds is 9. The number of nitrogens with one attached hydrogen (secondary N) is 2. The molecule has 0 spiro atoms. The smallest absolute Gasteiger partial charge is 0.251 e. The molecule has 0 bridgehead atoms. The van der Waals surface area contributed by atoms with Gasteiger partial charge in [0.15, 0.2) is 5.96 Å². The van der Waals surface area contributed by atoms with Crippen LogP contribution in [0, 0.1) is 0 Å². The first-order valence-corrected chi connectivity index (χ1v) is 8.59. The number of allylic oxidation sites excluding steroid dienone is 1. The van der Waals surface area contributed by atoms with Crippen molar-refractivity contribution in [3.05, 3.63) is 48.0 Å². The topological polar surface area (TPSA) is 56.7 Å². The van der Waals surface area contributed by atoms with Crippen molar-refractivity contribution in [2.45, 2.75) is 33.2 Å². The van der Waals surface area contributed by atoms with E-state index in [-0.39, 0.29) is 29.9 Å². The molecular formula is C19H31IN4O. The van der Waals surface area contributed by atoms with Crippen LogP contribution in [0.3, 0.4) is 0 Å². The molecular weight excluding hydrogens is 427 g/mol. The van der Waals surface area contributed by atoms with Crippen molar-refractivity contribution in [3.8, 4) is 0 Å². The Morgan fingerprint density at radius 1 is 1.28 bits per heavy atom. The van der Waals surface area contributed by atoms with Gasteiger partial charge in [-0.1, -0.05) is 18.2 Å². The van der Waals surface area contributed by atoms with Gasteiger partial charge in [0, 0.05) is 32.2 Å². The summed E-state index contributed by atoms with van der Waals surface area (Å²) in [6.07, 6.45) is 3.99. The van der Waals surface area contributed by atoms with Crippen LogP contribution in [0.4, 0.5) is 0 Å². The molecule has 0 heterocycles. The SMILES string of the molecule is C=CCCCN(C)C(=NCc1cccc(C(=O)NCC)c1)NCC.I. The van der Waals surface area contributed by atoms with E-state index in [0.717, 1.165) is 37.5 Å². The van der Waals surface area contributed by atoms with Gasteiger partial charge in [0.2, 0.25) is 0 Å². The Balaban J connectivity index is 0.00000576. The van der Waals surface area contributed by atoms with Gasteiger partial charge < -0.3 is 15.5 Å². The van der Waals surface area contributed by atoms with Crippen LogP contribution in [0.1, 0.15) is 42.6 Å². The molecule has 0 aliphatic carbocycles. The third-order valence-corrected chi connectivity index (χ3v) is 3.54. The molecule has 0 radical (unpaired) electrons. The number of carbonyl (C=O) groups is 1. The third kappa shape index (κ3) is 8.90. The number of benzene rings is 1. The second-order valence-corrected chi connectivity index (χ2v) is 5.58. The molecule has 1 aromatic carbocycles. The summed E-state index contributed by atoms with van der Waals surface area (Å²) < 4.78 is 0. The number of hydrogen-bond donors (Lipinski definition) is 2. The summed E-state index contributed by atoms with van der Waals surface area (Å²) in [4.78, 5) is 18.7. The molecule has 0 aliphatic heterocycles. The summed E-state index contributed by atoms with van der Waals surface area (Å²) in [5.41, 5.74) is 1.70. The van der Waals surface area contributed by atoms with Gasteiger partial charge in [-0.15, -0.1) is 30.6 Å². The lowest BCUT2D eigenvalue weighted by Crippen LogP contribution is -2.39. The number of guanidine groups is 1. The van der Waals surface area contributed by atoms with Crippen LogP contribution in [0.5, 0.6) is 0 Å². The monoisotopic (exact) mass is 458 g/mol. The zero-order valence-electron chi connectivity index (χ0n) is 15.5. The molecule has 140 valence electrons. The Morgan fingerprint density at radius 2 is 2.00 bits per heavy atom. The molecule has 5 nitrogen and oxygen atoms in total. The van der Waals surface area contributed by atoms with E-state index in [9.17, 15) is 4.79 Å². The lowest BCUT2D eigenvalue weighted by molar-refractivity contribution is 0.0955. The average Bonchev–Trinajstić information content (AvgIpc) is 2.59. The largest absolute Gasteiger partial charge is 0.357 e. The van der Waals surface area contributed by atoms with Gasteiger partial charge in [-0.2, -0.15) is 0 Å². The first-order valence-electron chi connectivity index (χ1n) is 8.59. The normalized spacial score (nSPS) is 10.6. The number of amides is 1. The van der Waals surface area contributed by atoms with Crippen molar-refractivity contribution in [3.63, 3.8) is 0 Å². The second-order valence-electron chi connectivity index (χ2n) is 5.58. The van der Waals surface area contributed by atoms with E-state index >= 15 is 0 Å². The van der Waals surface area contributed by atoms with E-state index in [1.165, 1.54) is 0 Å². The molecule has 0 saturated carbocycles. The molecule has 0 aromatic heterocycles. The van der Waals surface area contributed by atoms with Gasteiger partial charge in [-0.3, -0.25) is 4.79 Å². The van der Waals surface area contributed by atoms with Crippen molar-refractivity contribution in [2.24, 2.45) is 4.99 Å². The van der Waals surface area contributed by atoms with Gasteiger partial charge >= 0.3 is 0 Å². The minimum atomic E-state index is -0.0446. The Kier molecular flexibility index (Phi) is 12.8. The molecule has 25 heavy (non-hydrogen) atoms. The lowest BCUT2D eigenvalue weighted by atomic mass is 10.1. The predicted molar refractivity (Wildman–Crippen MR) is 117 cm³/mol. The summed E-state index contributed by atoms with van der Waals surface area (Å²) in [6.45, 7) is 10.6. The maximum Gasteiger partial charge on any atom is 0.251 e. The molecule has 1 rings (SSSR count). The van der Waals surface area contributed by atoms with Crippen LogP contribution in [-0.2, 0) is 6.54 Å². The van der Waals surface area contributed by atoms with Gasteiger partial charge in [0.1, 0.15) is 0 Å². The minimum Gasteiger partial charge on any atom is -0.357 e.